The number of fused-ring (bicyclic) bond motifs is 1. The molecule has 4 heteroatoms. The van der Waals surface area contributed by atoms with Crippen LogP contribution in [0.1, 0.15) is 11.6 Å². The maximum Gasteiger partial charge on any atom is 0.0707 e. The van der Waals surface area contributed by atoms with Gasteiger partial charge < -0.3 is 4.74 Å². The summed E-state index contributed by atoms with van der Waals surface area (Å²) in [6.45, 7) is 0.577. The van der Waals surface area contributed by atoms with E-state index in [0.717, 1.165) is 0 Å². The van der Waals surface area contributed by atoms with Gasteiger partial charge in [0.05, 0.1) is 12.6 Å². The summed E-state index contributed by atoms with van der Waals surface area (Å²) in [4.78, 5) is 0. The molecule has 3 N–H and O–H groups in total. The van der Waals surface area contributed by atoms with Crippen LogP contribution in [0.15, 0.2) is 29.6 Å². The molecular weight excluding hydrogens is 208 g/mol. The Balaban J connectivity index is 2.44. The van der Waals surface area contributed by atoms with E-state index in [1.165, 1.54) is 15.6 Å². The summed E-state index contributed by atoms with van der Waals surface area (Å²) in [6, 6.07) is 8.41. The van der Waals surface area contributed by atoms with E-state index in [-0.39, 0.29) is 6.04 Å². The molecule has 1 aromatic carbocycles. The Morgan fingerprint density at radius 1 is 1.47 bits per heavy atom. The van der Waals surface area contributed by atoms with Crippen molar-refractivity contribution in [2.75, 3.05) is 13.7 Å². The number of hydrogen-bond acceptors (Lipinski definition) is 4. The lowest BCUT2D eigenvalue weighted by atomic mass is 10.1. The minimum atomic E-state index is 0.0531. The highest BCUT2D eigenvalue weighted by atomic mass is 32.1. The molecule has 2 aromatic rings. The molecule has 1 unspecified atom stereocenters. The van der Waals surface area contributed by atoms with Crippen molar-refractivity contribution in [1.82, 2.24) is 5.43 Å². The Kier molecular flexibility index (Phi) is 3.33. The molecule has 0 aliphatic carbocycles. The van der Waals surface area contributed by atoms with Crippen LogP contribution < -0.4 is 11.3 Å². The molecule has 0 spiro atoms. The SMILES string of the molecule is COCC(NN)c1cccc2ccsc12. The lowest BCUT2D eigenvalue weighted by Crippen LogP contribution is -2.31. The highest BCUT2D eigenvalue weighted by Gasteiger charge is 2.12. The first-order chi connectivity index (χ1) is 7.36. The van der Waals surface area contributed by atoms with Crippen molar-refractivity contribution in [3.8, 4) is 0 Å². The van der Waals surface area contributed by atoms with E-state index in [9.17, 15) is 0 Å². The highest BCUT2D eigenvalue weighted by Crippen LogP contribution is 2.28. The molecule has 0 bridgehead atoms. The molecule has 1 heterocycles. The van der Waals surface area contributed by atoms with Gasteiger partial charge in [0.25, 0.3) is 0 Å². The summed E-state index contributed by atoms with van der Waals surface area (Å²) in [5.41, 5.74) is 3.98. The molecule has 3 nitrogen and oxygen atoms in total. The van der Waals surface area contributed by atoms with Gasteiger partial charge in [0.2, 0.25) is 0 Å². The van der Waals surface area contributed by atoms with Gasteiger partial charge in [0, 0.05) is 11.8 Å². The molecule has 0 amide bonds. The third kappa shape index (κ3) is 2.03. The van der Waals surface area contributed by atoms with Crippen molar-refractivity contribution >= 4 is 21.4 Å². The predicted molar refractivity (Wildman–Crippen MR) is 63.8 cm³/mol. The third-order valence-electron chi connectivity index (χ3n) is 2.42. The minimum Gasteiger partial charge on any atom is -0.383 e. The second-order valence-corrected chi connectivity index (χ2v) is 4.28. The number of hydrazine groups is 1. The van der Waals surface area contributed by atoms with Gasteiger partial charge in [-0.3, -0.25) is 11.3 Å². The number of ether oxygens (including phenoxy) is 1. The summed E-state index contributed by atoms with van der Waals surface area (Å²) >= 11 is 1.73. The predicted octanol–water partition coefficient (Wildman–Crippen LogP) is 2.05. The summed E-state index contributed by atoms with van der Waals surface area (Å²) in [7, 11) is 1.68. The van der Waals surface area contributed by atoms with E-state index in [1.807, 2.05) is 6.07 Å². The van der Waals surface area contributed by atoms with Crippen LogP contribution in [0.25, 0.3) is 10.1 Å². The van der Waals surface area contributed by atoms with Gasteiger partial charge in [-0.2, -0.15) is 0 Å². The third-order valence-corrected chi connectivity index (χ3v) is 3.40. The van der Waals surface area contributed by atoms with Gasteiger partial charge >= 0.3 is 0 Å². The smallest absolute Gasteiger partial charge is 0.0707 e. The van der Waals surface area contributed by atoms with Crippen molar-refractivity contribution in [2.24, 2.45) is 5.84 Å². The van der Waals surface area contributed by atoms with E-state index >= 15 is 0 Å². The maximum absolute atomic E-state index is 5.53. The van der Waals surface area contributed by atoms with Gasteiger partial charge in [-0.25, -0.2) is 0 Å². The van der Waals surface area contributed by atoms with Crippen molar-refractivity contribution in [1.29, 1.82) is 0 Å². The normalized spacial score (nSPS) is 13.2. The Labute approximate surface area is 92.8 Å². The molecule has 0 aliphatic rings. The minimum absolute atomic E-state index is 0.0531. The molecular formula is C11H14N2OS. The molecule has 0 aliphatic heterocycles. The van der Waals surface area contributed by atoms with Gasteiger partial charge in [-0.05, 0) is 22.4 Å². The molecule has 0 saturated heterocycles. The number of benzene rings is 1. The van der Waals surface area contributed by atoms with Crippen molar-refractivity contribution in [2.45, 2.75) is 6.04 Å². The summed E-state index contributed by atoms with van der Waals surface area (Å²) in [6.07, 6.45) is 0. The Morgan fingerprint density at radius 2 is 2.33 bits per heavy atom. The number of nitrogens with one attached hydrogen (secondary N) is 1. The van der Waals surface area contributed by atoms with Crippen LogP contribution in [0.3, 0.4) is 0 Å². The van der Waals surface area contributed by atoms with Crippen LogP contribution >= 0.6 is 11.3 Å². The molecule has 1 aromatic heterocycles. The van der Waals surface area contributed by atoms with Crippen LogP contribution in [-0.2, 0) is 4.74 Å². The largest absolute Gasteiger partial charge is 0.383 e. The molecule has 15 heavy (non-hydrogen) atoms. The Hall–Kier alpha value is -0.940. The molecule has 1 atom stereocenters. The van der Waals surface area contributed by atoms with Crippen molar-refractivity contribution in [3.63, 3.8) is 0 Å². The van der Waals surface area contributed by atoms with E-state index in [1.54, 1.807) is 18.4 Å². The number of nitrogens with two attached hydrogens (primary N) is 1. The molecule has 0 saturated carbocycles. The zero-order valence-electron chi connectivity index (χ0n) is 8.57. The van der Waals surface area contributed by atoms with E-state index in [2.05, 4.69) is 29.0 Å². The topological polar surface area (TPSA) is 47.3 Å². The van der Waals surface area contributed by atoms with Gasteiger partial charge in [-0.1, -0.05) is 18.2 Å². The van der Waals surface area contributed by atoms with Crippen LogP contribution in [-0.4, -0.2) is 13.7 Å². The van der Waals surface area contributed by atoms with E-state index in [4.69, 9.17) is 10.6 Å². The highest BCUT2D eigenvalue weighted by molar-refractivity contribution is 7.17. The first kappa shape index (κ1) is 10.6. The second-order valence-electron chi connectivity index (χ2n) is 3.36. The van der Waals surface area contributed by atoms with Gasteiger partial charge in [-0.15, -0.1) is 11.3 Å². The number of hydrogen-bond donors (Lipinski definition) is 2. The van der Waals surface area contributed by atoms with Crippen molar-refractivity contribution < 1.29 is 4.74 Å². The number of methoxy groups -OCH3 is 1. The van der Waals surface area contributed by atoms with Crippen LogP contribution in [0.5, 0.6) is 0 Å². The van der Waals surface area contributed by atoms with E-state index in [0.29, 0.717) is 6.61 Å². The molecule has 2 rings (SSSR count). The summed E-state index contributed by atoms with van der Waals surface area (Å²) in [5, 5.41) is 3.35. The first-order valence-electron chi connectivity index (χ1n) is 4.78. The zero-order chi connectivity index (χ0) is 10.7. The monoisotopic (exact) mass is 222 g/mol. The first-order valence-corrected chi connectivity index (χ1v) is 5.66. The Morgan fingerprint density at radius 3 is 3.07 bits per heavy atom. The average molecular weight is 222 g/mol. The van der Waals surface area contributed by atoms with Gasteiger partial charge in [0.1, 0.15) is 0 Å². The molecule has 0 radical (unpaired) electrons. The summed E-state index contributed by atoms with van der Waals surface area (Å²) < 4.78 is 6.41. The number of rotatable bonds is 4. The molecule has 0 fully saturated rings. The molecule has 80 valence electrons. The van der Waals surface area contributed by atoms with E-state index < -0.39 is 0 Å². The lowest BCUT2D eigenvalue weighted by Gasteiger charge is -2.15. The zero-order valence-corrected chi connectivity index (χ0v) is 9.38. The second kappa shape index (κ2) is 4.72. The van der Waals surface area contributed by atoms with Crippen LogP contribution in [0, 0.1) is 0 Å². The standard InChI is InChI=1S/C11H14N2OS/c1-14-7-10(13-12)9-4-2-3-8-5-6-15-11(8)9/h2-6,10,13H,7,12H2,1H3. The van der Waals surface area contributed by atoms with Crippen LogP contribution in [0.2, 0.25) is 0 Å². The quantitative estimate of drug-likeness (QED) is 0.615. The fourth-order valence-electron chi connectivity index (χ4n) is 1.68. The van der Waals surface area contributed by atoms with Gasteiger partial charge in [0.15, 0.2) is 0 Å². The summed E-state index contributed by atoms with van der Waals surface area (Å²) in [5.74, 6) is 5.53. The average Bonchev–Trinajstić information content (AvgIpc) is 2.73. The van der Waals surface area contributed by atoms with Crippen LogP contribution in [0.4, 0.5) is 0 Å². The Bertz CT molecular complexity index is 441. The maximum atomic E-state index is 5.53. The fraction of sp³-hybridized carbons (Fsp3) is 0.273. The fourth-order valence-corrected chi connectivity index (χ4v) is 2.65. The lowest BCUT2D eigenvalue weighted by molar-refractivity contribution is 0.168. The number of thiophene rings is 1. The van der Waals surface area contributed by atoms with Crippen molar-refractivity contribution in [3.05, 3.63) is 35.2 Å².